The number of aromatic carboxylic acids is 1. The molecule has 0 aliphatic heterocycles. The molecule has 1 heterocycles. The van der Waals surface area contributed by atoms with Gasteiger partial charge in [-0.3, -0.25) is 0 Å². The lowest BCUT2D eigenvalue weighted by Gasteiger charge is -2.17. The van der Waals surface area contributed by atoms with E-state index in [9.17, 15) is 9.59 Å². The maximum Gasteiger partial charge on any atom is 0.371 e. The third-order valence-electron chi connectivity index (χ3n) is 2.95. The first kappa shape index (κ1) is 17.8. The lowest BCUT2D eigenvalue weighted by atomic mass is 10.2. The van der Waals surface area contributed by atoms with Crippen LogP contribution in [0.2, 0.25) is 5.02 Å². The summed E-state index contributed by atoms with van der Waals surface area (Å²) < 4.78 is 15.9. The van der Waals surface area contributed by atoms with Crippen LogP contribution in [0.1, 0.15) is 10.6 Å². The number of furan rings is 1. The highest BCUT2D eigenvalue weighted by atomic mass is 35.5. The normalized spacial score (nSPS) is 10.2. The van der Waals surface area contributed by atoms with E-state index in [-0.39, 0.29) is 22.2 Å². The molecule has 2 rings (SSSR count). The Balaban J connectivity index is 2.22. The number of nitrogens with zero attached hydrogens (tertiary/aromatic N) is 1. The van der Waals surface area contributed by atoms with Crippen LogP contribution in [0.5, 0.6) is 11.5 Å². The topological polar surface area (TPSA) is 101 Å². The van der Waals surface area contributed by atoms with Gasteiger partial charge in [0.25, 0.3) is 0 Å². The second-order valence-corrected chi connectivity index (χ2v) is 5.21. The molecule has 0 radical (unpaired) electrons. The van der Waals surface area contributed by atoms with Gasteiger partial charge >= 0.3 is 12.0 Å². The van der Waals surface area contributed by atoms with Gasteiger partial charge in [-0.05, 0) is 6.07 Å². The van der Waals surface area contributed by atoms with Crippen molar-refractivity contribution in [2.75, 3.05) is 23.8 Å². The largest absolute Gasteiger partial charge is 0.495 e. The highest BCUT2D eigenvalue weighted by molar-refractivity contribution is 7.82. The molecule has 0 saturated heterocycles. The number of methoxy groups -OCH3 is 2. The smallest absolute Gasteiger partial charge is 0.371 e. The van der Waals surface area contributed by atoms with Crippen LogP contribution < -0.4 is 19.1 Å². The van der Waals surface area contributed by atoms with Crippen molar-refractivity contribution in [1.29, 1.82) is 0 Å². The van der Waals surface area contributed by atoms with Crippen LogP contribution in [-0.4, -0.2) is 31.3 Å². The lowest BCUT2D eigenvalue weighted by molar-refractivity contribution is 0.0662. The second kappa shape index (κ2) is 7.37. The first-order valence-electron chi connectivity index (χ1n) is 6.40. The van der Waals surface area contributed by atoms with E-state index in [1.807, 2.05) is 0 Å². The van der Waals surface area contributed by atoms with Crippen LogP contribution in [-0.2, 0) is 0 Å². The zero-order chi connectivity index (χ0) is 17.9. The van der Waals surface area contributed by atoms with E-state index in [1.54, 1.807) is 0 Å². The van der Waals surface area contributed by atoms with Crippen LogP contribution in [0.15, 0.2) is 28.9 Å². The Kier molecular flexibility index (Phi) is 5.47. The van der Waals surface area contributed by atoms with Gasteiger partial charge in [0, 0.05) is 12.1 Å². The van der Waals surface area contributed by atoms with Crippen molar-refractivity contribution in [2.24, 2.45) is 0 Å². The Morgan fingerprint density at radius 2 is 1.92 bits per heavy atom. The van der Waals surface area contributed by atoms with Crippen LogP contribution in [0, 0.1) is 0 Å². The van der Waals surface area contributed by atoms with E-state index in [4.69, 9.17) is 30.6 Å². The fourth-order valence-electron chi connectivity index (χ4n) is 1.79. The summed E-state index contributed by atoms with van der Waals surface area (Å²) in [6.45, 7) is 0. The van der Waals surface area contributed by atoms with Crippen molar-refractivity contribution in [2.45, 2.75) is 0 Å². The monoisotopic (exact) mass is 372 g/mol. The SMILES string of the molecule is COc1cc(OC)c(NC(=O)N(S)c2coc(C(=O)O)c2)cc1Cl. The van der Waals surface area contributed by atoms with Crippen molar-refractivity contribution >= 4 is 47.8 Å². The minimum atomic E-state index is -1.26. The summed E-state index contributed by atoms with van der Waals surface area (Å²) in [4.78, 5) is 23.0. The number of ether oxygens (including phenoxy) is 2. The number of anilines is 2. The van der Waals surface area contributed by atoms with Gasteiger partial charge in [0.2, 0.25) is 5.76 Å². The molecule has 0 bridgehead atoms. The number of benzene rings is 1. The highest BCUT2D eigenvalue weighted by Gasteiger charge is 2.19. The minimum Gasteiger partial charge on any atom is -0.495 e. The van der Waals surface area contributed by atoms with Crippen LogP contribution >= 0.6 is 24.4 Å². The maximum atomic E-state index is 12.2. The molecule has 0 aliphatic rings. The third kappa shape index (κ3) is 3.69. The van der Waals surface area contributed by atoms with Crippen LogP contribution in [0.25, 0.3) is 0 Å². The molecule has 0 saturated carbocycles. The Morgan fingerprint density at radius 3 is 2.46 bits per heavy atom. The van der Waals surface area contributed by atoms with Gasteiger partial charge in [0.15, 0.2) is 0 Å². The molecule has 24 heavy (non-hydrogen) atoms. The average molecular weight is 373 g/mol. The van der Waals surface area contributed by atoms with E-state index in [0.29, 0.717) is 11.5 Å². The first-order chi connectivity index (χ1) is 11.4. The molecule has 128 valence electrons. The van der Waals surface area contributed by atoms with E-state index in [1.165, 1.54) is 26.4 Å². The number of thiol groups is 1. The predicted molar refractivity (Wildman–Crippen MR) is 90.7 cm³/mol. The molecule has 1 aromatic carbocycles. The Bertz CT molecular complexity index is 779. The summed E-state index contributed by atoms with van der Waals surface area (Å²) in [5, 5.41) is 11.6. The summed E-state index contributed by atoms with van der Waals surface area (Å²) in [6, 6.07) is 3.46. The van der Waals surface area contributed by atoms with Gasteiger partial charge in [-0.25, -0.2) is 13.9 Å². The second-order valence-electron chi connectivity index (χ2n) is 4.40. The number of carbonyl (C=O) groups is 2. The standard InChI is InChI=1S/C14H13ClN2O6S/c1-21-10-5-11(22-2)9(4-8(10)15)16-14(20)17(24)7-3-12(13(18)19)23-6-7/h3-6,24H,1-2H3,(H,16,20)(H,18,19). The van der Waals surface area contributed by atoms with Gasteiger partial charge in [-0.1, -0.05) is 24.4 Å². The average Bonchev–Trinajstić information content (AvgIpc) is 3.04. The number of urea groups is 1. The number of nitrogens with one attached hydrogen (secondary N) is 1. The zero-order valence-electron chi connectivity index (χ0n) is 12.6. The number of hydrogen-bond acceptors (Lipinski definition) is 6. The number of rotatable bonds is 5. The molecule has 0 aliphatic carbocycles. The van der Waals surface area contributed by atoms with Crippen molar-refractivity contribution < 1.29 is 28.6 Å². The van der Waals surface area contributed by atoms with Crippen molar-refractivity contribution in [3.8, 4) is 11.5 Å². The molecule has 0 unspecified atom stereocenters. The quantitative estimate of drug-likeness (QED) is 0.694. The fraction of sp³-hybridized carbons (Fsp3) is 0.143. The van der Waals surface area contributed by atoms with Crippen LogP contribution in [0.4, 0.5) is 16.2 Å². The summed E-state index contributed by atoms with van der Waals surface area (Å²) in [5.41, 5.74) is 0.432. The lowest BCUT2D eigenvalue weighted by Crippen LogP contribution is -2.26. The fourth-order valence-corrected chi connectivity index (χ4v) is 2.19. The molecule has 8 nitrogen and oxygen atoms in total. The Labute approximate surface area is 147 Å². The molecule has 1 aromatic heterocycles. The summed E-state index contributed by atoms with van der Waals surface area (Å²) in [7, 11) is 2.87. The van der Waals surface area contributed by atoms with E-state index >= 15 is 0 Å². The summed E-state index contributed by atoms with van der Waals surface area (Å²) >= 11 is 10.1. The summed E-state index contributed by atoms with van der Waals surface area (Å²) in [6.07, 6.45) is 1.09. The highest BCUT2D eigenvalue weighted by Crippen LogP contribution is 2.36. The van der Waals surface area contributed by atoms with E-state index in [0.717, 1.165) is 16.6 Å². The minimum absolute atomic E-state index is 0.145. The van der Waals surface area contributed by atoms with Crippen molar-refractivity contribution in [3.63, 3.8) is 0 Å². The molecule has 0 spiro atoms. The van der Waals surface area contributed by atoms with Crippen LogP contribution in [0.3, 0.4) is 0 Å². The van der Waals surface area contributed by atoms with Gasteiger partial charge in [0.1, 0.15) is 17.8 Å². The number of carboxylic acids is 1. The van der Waals surface area contributed by atoms with E-state index < -0.39 is 12.0 Å². The molecule has 2 aromatic rings. The zero-order valence-corrected chi connectivity index (χ0v) is 14.2. The number of amides is 2. The van der Waals surface area contributed by atoms with Crippen molar-refractivity contribution in [1.82, 2.24) is 0 Å². The molecule has 2 N–H and O–H groups in total. The van der Waals surface area contributed by atoms with E-state index in [2.05, 4.69) is 18.1 Å². The Hall–Kier alpha value is -2.52. The third-order valence-corrected chi connectivity index (χ3v) is 3.66. The number of halogens is 1. The molecule has 10 heteroatoms. The number of carbonyl (C=O) groups excluding carboxylic acids is 1. The first-order valence-corrected chi connectivity index (χ1v) is 7.18. The van der Waals surface area contributed by atoms with Gasteiger partial charge in [0.05, 0.1) is 30.6 Å². The molecule has 0 atom stereocenters. The molecular weight excluding hydrogens is 360 g/mol. The van der Waals surface area contributed by atoms with Crippen molar-refractivity contribution in [3.05, 3.63) is 35.2 Å². The van der Waals surface area contributed by atoms with Gasteiger partial charge < -0.3 is 24.3 Å². The van der Waals surface area contributed by atoms with Gasteiger partial charge in [-0.15, -0.1) is 0 Å². The van der Waals surface area contributed by atoms with Gasteiger partial charge in [-0.2, -0.15) is 0 Å². The number of hydrogen-bond donors (Lipinski definition) is 3. The Morgan fingerprint density at radius 1 is 1.25 bits per heavy atom. The summed E-state index contributed by atoms with van der Waals surface area (Å²) in [5.74, 6) is -0.867. The number of carboxylic acid groups (broad SMARTS) is 1. The predicted octanol–water partition coefficient (Wildman–Crippen LogP) is 3.53. The molecule has 2 amide bonds. The maximum absolute atomic E-state index is 12.2. The molecule has 0 fully saturated rings. The molecular formula is C14H13ClN2O6S.